The third-order valence-corrected chi connectivity index (χ3v) is 4.05. The number of nitrogens with zero attached hydrogens (tertiary/aromatic N) is 2. The molecule has 0 radical (unpaired) electrons. The zero-order valence-corrected chi connectivity index (χ0v) is 15.2. The molecule has 0 unspecified atom stereocenters. The number of methoxy groups -OCH3 is 2. The predicted octanol–water partition coefficient (Wildman–Crippen LogP) is 3.93. The summed E-state index contributed by atoms with van der Waals surface area (Å²) in [6.45, 7) is 0. The van der Waals surface area contributed by atoms with Gasteiger partial charge in [-0.1, -0.05) is 35.9 Å². The van der Waals surface area contributed by atoms with Crippen LogP contribution in [0.4, 0.5) is 11.8 Å². The van der Waals surface area contributed by atoms with E-state index in [9.17, 15) is 0 Å². The van der Waals surface area contributed by atoms with Crippen molar-refractivity contribution in [1.82, 2.24) is 9.97 Å². The summed E-state index contributed by atoms with van der Waals surface area (Å²) in [7, 11) is 3.27. The first kappa shape index (κ1) is 17.8. The van der Waals surface area contributed by atoms with Crippen molar-refractivity contribution in [3.63, 3.8) is 0 Å². The van der Waals surface area contributed by atoms with Crippen molar-refractivity contribution in [2.45, 2.75) is 6.04 Å². The number of halogens is 1. The maximum atomic E-state index is 6.01. The van der Waals surface area contributed by atoms with Crippen molar-refractivity contribution < 1.29 is 9.47 Å². The molecule has 0 aliphatic carbocycles. The zero-order chi connectivity index (χ0) is 18.5. The van der Waals surface area contributed by atoms with E-state index in [0.29, 0.717) is 5.82 Å². The Kier molecular flexibility index (Phi) is 5.43. The number of anilines is 2. The summed E-state index contributed by atoms with van der Waals surface area (Å²) in [5, 5.41) is 3.64. The smallest absolute Gasteiger partial charge is 0.223 e. The van der Waals surface area contributed by atoms with Crippen LogP contribution in [-0.4, -0.2) is 24.2 Å². The third kappa shape index (κ3) is 4.15. The lowest BCUT2D eigenvalue weighted by Gasteiger charge is -2.21. The average Bonchev–Trinajstić information content (AvgIpc) is 2.65. The first-order valence-corrected chi connectivity index (χ1v) is 8.31. The van der Waals surface area contributed by atoms with Gasteiger partial charge in [0.1, 0.15) is 22.5 Å². The summed E-state index contributed by atoms with van der Waals surface area (Å²) in [6.07, 6.45) is 0. The van der Waals surface area contributed by atoms with E-state index in [1.165, 1.54) is 0 Å². The molecule has 0 bridgehead atoms. The Bertz CT molecular complexity index is 836. The number of nitrogens with one attached hydrogen (secondary N) is 1. The maximum absolute atomic E-state index is 6.01. The van der Waals surface area contributed by atoms with Gasteiger partial charge in [0.25, 0.3) is 0 Å². The summed E-state index contributed by atoms with van der Waals surface area (Å²) in [5.74, 6) is 2.16. The third-order valence-electron chi connectivity index (χ3n) is 3.86. The largest absolute Gasteiger partial charge is 0.497 e. The highest BCUT2D eigenvalue weighted by atomic mass is 35.5. The van der Waals surface area contributed by atoms with Gasteiger partial charge >= 0.3 is 0 Å². The molecule has 0 aliphatic rings. The van der Waals surface area contributed by atoms with Crippen LogP contribution in [0.3, 0.4) is 0 Å². The van der Waals surface area contributed by atoms with Crippen molar-refractivity contribution in [3.8, 4) is 11.5 Å². The average molecular weight is 371 g/mol. The minimum absolute atomic E-state index is 0.107. The minimum Gasteiger partial charge on any atom is -0.497 e. The molecule has 7 heteroatoms. The molecule has 3 aromatic rings. The van der Waals surface area contributed by atoms with E-state index in [0.717, 1.165) is 22.6 Å². The van der Waals surface area contributed by atoms with Crippen LogP contribution in [-0.2, 0) is 0 Å². The van der Waals surface area contributed by atoms with Gasteiger partial charge in [-0.05, 0) is 35.4 Å². The first-order valence-electron chi connectivity index (χ1n) is 7.93. The number of hydrogen-bond acceptors (Lipinski definition) is 6. The molecule has 0 spiro atoms. The van der Waals surface area contributed by atoms with Gasteiger partial charge < -0.3 is 20.5 Å². The number of benzene rings is 2. The highest BCUT2D eigenvalue weighted by molar-refractivity contribution is 6.29. The topological polar surface area (TPSA) is 82.3 Å². The summed E-state index contributed by atoms with van der Waals surface area (Å²) in [6, 6.07) is 17.0. The minimum atomic E-state index is -0.217. The van der Waals surface area contributed by atoms with Gasteiger partial charge in [-0.3, -0.25) is 0 Å². The molecular formula is C19H19ClN4O2. The normalized spacial score (nSPS) is 10.6. The molecule has 0 saturated carbocycles. The van der Waals surface area contributed by atoms with Crippen LogP contribution in [0.2, 0.25) is 5.15 Å². The molecule has 6 nitrogen and oxygen atoms in total. The Morgan fingerprint density at radius 2 is 1.50 bits per heavy atom. The number of ether oxygens (including phenoxy) is 2. The zero-order valence-electron chi connectivity index (χ0n) is 14.4. The Hall–Kier alpha value is -2.99. The molecule has 3 rings (SSSR count). The molecule has 1 heterocycles. The van der Waals surface area contributed by atoms with Gasteiger partial charge in [0.05, 0.1) is 20.3 Å². The number of nitrogens with two attached hydrogens (primary N) is 1. The Morgan fingerprint density at radius 3 is 2.00 bits per heavy atom. The van der Waals surface area contributed by atoms with E-state index in [1.54, 1.807) is 20.3 Å². The second-order valence-corrected chi connectivity index (χ2v) is 5.95. The van der Waals surface area contributed by atoms with Gasteiger partial charge in [-0.25, -0.2) is 4.98 Å². The van der Waals surface area contributed by atoms with Crippen LogP contribution in [0.25, 0.3) is 0 Å². The molecule has 1 aromatic heterocycles. The highest BCUT2D eigenvalue weighted by Crippen LogP contribution is 2.30. The summed E-state index contributed by atoms with van der Waals surface area (Å²) in [4.78, 5) is 8.11. The number of aromatic nitrogens is 2. The molecule has 134 valence electrons. The first-order chi connectivity index (χ1) is 12.6. The summed E-state index contributed by atoms with van der Waals surface area (Å²) in [5.41, 5.74) is 7.70. The lowest BCUT2D eigenvalue weighted by molar-refractivity contribution is 0.413. The van der Waals surface area contributed by atoms with Gasteiger partial charge in [-0.15, -0.1) is 0 Å². The fraction of sp³-hybridized carbons (Fsp3) is 0.158. The molecule has 2 aromatic carbocycles. The Morgan fingerprint density at radius 1 is 0.923 bits per heavy atom. The van der Waals surface area contributed by atoms with E-state index < -0.39 is 0 Å². The lowest BCUT2D eigenvalue weighted by Crippen LogP contribution is -2.14. The van der Waals surface area contributed by atoms with Crippen molar-refractivity contribution in [1.29, 1.82) is 0 Å². The van der Waals surface area contributed by atoms with E-state index in [1.807, 2.05) is 48.5 Å². The van der Waals surface area contributed by atoms with Crippen LogP contribution in [0.5, 0.6) is 11.5 Å². The second-order valence-electron chi connectivity index (χ2n) is 5.56. The standard InChI is InChI=1S/C19H19ClN4O2/c1-25-14-7-3-5-12(9-14)18(13-6-4-8-15(10-13)26-2)23-17-11-16(20)22-19(21)24-17/h3-11,18H,1-2H3,(H3,21,22,23,24). The van der Waals surface area contributed by atoms with Crippen LogP contribution >= 0.6 is 11.6 Å². The number of hydrogen-bond donors (Lipinski definition) is 2. The lowest BCUT2D eigenvalue weighted by atomic mass is 9.98. The maximum Gasteiger partial charge on any atom is 0.223 e. The van der Waals surface area contributed by atoms with Gasteiger partial charge in [0.2, 0.25) is 5.95 Å². The van der Waals surface area contributed by atoms with Crippen molar-refractivity contribution >= 4 is 23.4 Å². The SMILES string of the molecule is COc1cccc(C(Nc2cc(Cl)nc(N)n2)c2cccc(OC)c2)c1. The summed E-state index contributed by atoms with van der Waals surface area (Å²) >= 11 is 6.01. The number of rotatable bonds is 6. The fourth-order valence-corrected chi connectivity index (χ4v) is 2.85. The highest BCUT2D eigenvalue weighted by Gasteiger charge is 2.17. The number of nitrogen functional groups attached to an aromatic ring is 1. The van der Waals surface area contributed by atoms with Gasteiger partial charge in [0, 0.05) is 6.07 Å². The van der Waals surface area contributed by atoms with E-state index in [4.69, 9.17) is 26.8 Å². The van der Waals surface area contributed by atoms with E-state index in [2.05, 4.69) is 15.3 Å². The van der Waals surface area contributed by atoms with Crippen molar-refractivity contribution in [2.24, 2.45) is 0 Å². The molecular weight excluding hydrogens is 352 g/mol. The monoisotopic (exact) mass is 370 g/mol. The van der Waals surface area contributed by atoms with Gasteiger partial charge in [0.15, 0.2) is 0 Å². The molecule has 0 fully saturated rings. The predicted molar refractivity (Wildman–Crippen MR) is 103 cm³/mol. The van der Waals surface area contributed by atoms with E-state index in [-0.39, 0.29) is 17.1 Å². The fourth-order valence-electron chi connectivity index (χ4n) is 2.66. The molecule has 26 heavy (non-hydrogen) atoms. The van der Waals surface area contributed by atoms with Crippen LogP contribution in [0.15, 0.2) is 54.6 Å². The van der Waals surface area contributed by atoms with Crippen LogP contribution < -0.4 is 20.5 Å². The van der Waals surface area contributed by atoms with Crippen LogP contribution in [0, 0.1) is 0 Å². The van der Waals surface area contributed by atoms with E-state index >= 15 is 0 Å². The molecule has 0 aliphatic heterocycles. The molecule has 0 amide bonds. The van der Waals surface area contributed by atoms with Crippen molar-refractivity contribution in [2.75, 3.05) is 25.3 Å². The Balaban J connectivity index is 2.05. The summed E-state index contributed by atoms with van der Waals surface area (Å²) < 4.78 is 10.7. The second kappa shape index (κ2) is 7.93. The Labute approximate surface area is 156 Å². The molecule has 3 N–H and O–H groups in total. The molecule has 0 atom stereocenters. The van der Waals surface area contributed by atoms with Crippen LogP contribution in [0.1, 0.15) is 17.2 Å². The molecule has 0 saturated heterocycles. The van der Waals surface area contributed by atoms with Gasteiger partial charge in [-0.2, -0.15) is 4.98 Å². The van der Waals surface area contributed by atoms with Crippen molar-refractivity contribution in [3.05, 3.63) is 70.9 Å². The quantitative estimate of drug-likeness (QED) is 0.640.